The first-order chi connectivity index (χ1) is 8.93. The average molecular weight is 268 g/mol. The molecule has 19 heavy (non-hydrogen) atoms. The van der Waals surface area contributed by atoms with Crippen molar-refractivity contribution >= 4 is 12.0 Å². The van der Waals surface area contributed by atoms with Crippen molar-refractivity contribution in [3.05, 3.63) is 0 Å². The molecule has 3 atom stereocenters. The molecular weight excluding hydrogens is 244 g/mol. The topological polar surface area (TPSA) is 69.6 Å². The van der Waals surface area contributed by atoms with E-state index < -0.39 is 11.5 Å². The minimum atomic E-state index is -1.03. The van der Waals surface area contributed by atoms with Gasteiger partial charge in [-0.25, -0.2) is 9.59 Å². The van der Waals surface area contributed by atoms with Gasteiger partial charge in [-0.1, -0.05) is 13.3 Å². The minimum Gasteiger partial charge on any atom is -0.480 e. The Bertz CT molecular complexity index is 372. The highest BCUT2D eigenvalue weighted by Crippen LogP contribution is 2.31. The number of aliphatic carboxylic acids is 1. The molecule has 2 amide bonds. The average Bonchev–Trinajstić information content (AvgIpc) is 2.93. The molecule has 2 rings (SSSR count). The van der Waals surface area contributed by atoms with Crippen molar-refractivity contribution in [1.82, 2.24) is 10.2 Å². The second-order valence-electron chi connectivity index (χ2n) is 6.30. The Labute approximate surface area is 114 Å². The van der Waals surface area contributed by atoms with Crippen LogP contribution in [0.2, 0.25) is 0 Å². The van der Waals surface area contributed by atoms with Crippen molar-refractivity contribution in [3.63, 3.8) is 0 Å². The van der Waals surface area contributed by atoms with E-state index in [1.807, 2.05) is 0 Å². The molecule has 1 aliphatic heterocycles. The minimum absolute atomic E-state index is 0.220. The monoisotopic (exact) mass is 268 g/mol. The molecule has 1 heterocycles. The van der Waals surface area contributed by atoms with E-state index in [9.17, 15) is 14.7 Å². The SMILES string of the molecule is CC1CCC(CNC(=O)N2CCCC2(C)C(=O)O)C1. The number of hydrogen-bond acceptors (Lipinski definition) is 2. The molecular formula is C14H24N2O3. The van der Waals surface area contributed by atoms with E-state index in [1.54, 1.807) is 6.92 Å². The molecule has 1 saturated carbocycles. The zero-order valence-corrected chi connectivity index (χ0v) is 11.8. The van der Waals surface area contributed by atoms with Gasteiger partial charge in [-0.15, -0.1) is 0 Å². The van der Waals surface area contributed by atoms with Gasteiger partial charge in [0.15, 0.2) is 0 Å². The van der Waals surface area contributed by atoms with Gasteiger partial charge in [-0.2, -0.15) is 0 Å². The fourth-order valence-corrected chi connectivity index (χ4v) is 3.35. The van der Waals surface area contributed by atoms with E-state index in [-0.39, 0.29) is 6.03 Å². The van der Waals surface area contributed by atoms with Crippen LogP contribution in [0, 0.1) is 11.8 Å². The molecule has 1 saturated heterocycles. The van der Waals surface area contributed by atoms with E-state index in [2.05, 4.69) is 12.2 Å². The second-order valence-corrected chi connectivity index (χ2v) is 6.30. The smallest absolute Gasteiger partial charge is 0.329 e. The zero-order valence-electron chi connectivity index (χ0n) is 11.8. The van der Waals surface area contributed by atoms with Crippen molar-refractivity contribution in [1.29, 1.82) is 0 Å². The van der Waals surface area contributed by atoms with Crippen molar-refractivity contribution < 1.29 is 14.7 Å². The molecule has 0 aromatic rings. The van der Waals surface area contributed by atoms with Crippen molar-refractivity contribution in [2.24, 2.45) is 11.8 Å². The van der Waals surface area contributed by atoms with Crippen molar-refractivity contribution in [2.75, 3.05) is 13.1 Å². The predicted molar refractivity (Wildman–Crippen MR) is 71.9 cm³/mol. The highest BCUT2D eigenvalue weighted by atomic mass is 16.4. The van der Waals surface area contributed by atoms with E-state index >= 15 is 0 Å². The first-order valence-electron chi connectivity index (χ1n) is 7.22. The number of carbonyl (C=O) groups is 2. The van der Waals surface area contributed by atoms with Gasteiger partial charge in [0, 0.05) is 13.1 Å². The highest BCUT2D eigenvalue weighted by Gasteiger charge is 2.46. The molecule has 3 unspecified atom stereocenters. The number of nitrogens with one attached hydrogen (secondary N) is 1. The third-order valence-corrected chi connectivity index (χ3v) is 4.69. The number of carboxylic acids is 1. The van der Waals surface area contributed by atoms with Crippen LogP contribution in [0.5, 0.6) is 0 Å². The summed E-state index contributed by atoms with van der Waals surface area (Å²) in [4.78, 5) is 25.0. The Hall–Kier alpha value is -1.26. The standard InChI is InChI=1S/C14H24N2O3/c1-10-4-5-11(8-10)9-15-13(19)16-7-3-6-14(16,2)12(17)18/h10-11H,3-9H2,1-2H3,(H,15,19)(H,17,18). The van der Waals surface area contributed by atoms with Crippen molar-refractivity contribution in [2.45, 2.75) is 51.5 Å². The van der Waals surface area contributed by atoms with Gasteiger partial charge in [0.25, 0.3) is 0 Å². The molecule has 108 valence electrons. The first-order valence-corrected chi connectivity index (χ1v) is 7.22. The van der Waals surface area contributed by atoms with Gasteiger partial charge in [0.05, 0.1) is 0 Å². The molecule has 5 heteroatoms. The van der Waals surface area contributed by atoms with Crippen LogP contribution in [0.15, 0.2) is 0 Å². The highest BCUT2D eigenvalue weighted by molar-refractivity contribution is 5.86. The summed E-state index contributed by atoms with van der Waals surface area (Å²) in [5.74, 6) is 0.394. The number of likely N-dealkylation sites (tertiary alicyclic amines) is 1. The van der Waals surface area contributed by atoms with Crippen LogP contribution >= 0.6 is 0 Å². The number of rotatable bonds is 3. The molecule has 2 N–H and O–H groups in total. The molecule has 0 aromatic carbocycles. The molecule has 1 aliphatic carbocycles. The van der Waals surface area contributed by atoms with Crippen LogP contribution in [0.25, 0.3) is 0 Å². The number of urea groups is 1. The molecule has 0 spiro atoms. The van der Waals surface area contributed by atoms with Gasteiger partial charge in [0.2, 0.25) is 0 Å². The molecule has 0 aromatic heterocycles. The van der Waals surface area contributed by atoms with E-state index in [1.165, 1.54) is 11.3 Å². The van der Waals surface area contributed by atoms with E-state index in [0.717, 1.165) is 25.2 Å². The molecule has 5 nitrogen and oxygen atoms in total. The van der Waals surface area contributed by atoms with Gasteiger partial charge in [-0.3, -0.25) is 0 Å². The Morgan fingerprint density at radius 2 is 2.16 bits per heavy atom. The van der Waals surface area contributed by atoms with Crippen LogP contribution in [-0.2, 0) is 4.79 Å². The Balaban J connectivity index is 1.87. The third kappa shape index (κ3) is 2.85. The van der Waals surface area contributed by atoms with Gasteiger partial charge >= 0.3 is 12.0 Å². The van der Waals surface area contributed by atoms with Gasteiger partial charge < -0.3 is 15.3 Å². The van der Waals surface area contributed by atoms with E-state index in [4.69, 9.17) is 0 Å². The maximum atomic E-state index is 12.2. The summed E-state index contributed by atoms with van der Waals surface area (Å²) in [5.41, 5.74) is -1.03. The summed E-state index contributed by atoms with van der Waals surface area (Å²) >= 11 is 0. The second kappa shape index (κ2) is 5.39. The number of carboxylic acid groups (broad SMARTS) is 1. The molecule has 2 aliphatic rings. The predicted octanol–water partition coefficient (Wildman–Crippen LogP) is 2.07. The van der Waals surface area contributed by atoms with Crippen LogP contribution < -0.4 is 5.32 Å². The summed E-state index contributed by atoms with van der Waals surface area (Å²) in [6, 6.07) is -0.220. The summed E-state index contributed by atoms with van der Waals surface area (Å²) < 4.78 is 0. The molecule has 0 radical (unpaired) electrons. The van der Waals surface area contributed by atoms with Crippen LogP contribution in [0.3, 0.4) is 0 Å². The Morgan fingerprint density at radius 3 is 2.74 bits per heavy atom. The normalized spacial score (nSPS) is 34.5. The lowest BCUT2D eigenvalue weighted by Crippen LogP contribution is -2.54. The van der Waals surface area contributed by atoms with Crippen LogP contribution in [-0.4, -0.2) is 40.6 Å². The number of amides is 2. The Kier molecular flexibility index (Phi) is 4.02. The summed E-state index contributed by atoms with van der Waals surface area (Å²) in [6.45, 7) is 5.09. The van der Waals surface area contributed by atoms with Crippen LogP contribution in [0.4, 0.5) is 4.79 Å². The summed E-state index contributed by atoms with van der Waals surface area (Å²) in [7, 11) is 0. The fraction of sp³-hybridized carbons (Fsp3) is 0.857. The number of carbonyl (C=O) groups excluding carboxylic acids is 1. The lowest BCUT2D eigenvalue weighted by molar-refractivity contribution is -0.147. The lowest BCUT2D eigenvalue weighted by Gasteiger charge is -2.31. The molecule has 2 fully saturated rings. The van der Waals surface area contributed by atoms with Gasteiger partial charge in [-0.05, 0) is 44.4 Å². The van der Waals surface area contributed by atoms with Gasteiger partial charge in [0.1, 0.15) is 5.54 Å². The molecule has 0 bridgehead atoms. The zero-order chi connectivity index (χ0) is 14.0. The third-order valence-electron chi connectivity index (χ3n) is 4.69. The first kappa shape index (κ1) is 14.2. The van der Waals surface area contributed by atoms with E-state index in [0.29, 0.717) is 25.4 Å². The van der Waals surface area contributed by atoms with Crippen LogP contribution in [0.1, 0.15) is 46.0 Å². The maximum Gasteiger partial charge on any atom is 0.329 e. The largest absolute Gasteiger partial charge is 0.480 e. The number of nitrogens with zero attached hydrogens (tertiary/aromatic N) is 1. The summed E-state index contributed by atoms with van der Waals surface area (Å²) in [6.07, 6.45) is 4.86. The lowest BCUT2D eigenvalue weighted by atomic mass is 10.00. The number of hydrogen-bond donors (Lipinski definition) is 2. The summed E-state index contributed by atoms with van der Waals surface area (Å²) in [5, 5.41) is 12.2. The fourth-order valence-electron chi connectivity index (χ4n) is 3.35. The van der Waals surface area contributed by atoms with Crippen molar-refractivity contribution in [3.8, 4) is 0 Å². The quantitative estimate of drug-likeness (QED) is 0.823. The Morgan fingerprint density at radius 1 is 1.42 bits per heavy atom. The maximum absolute atomic E-state index is 12.2.